The molecular weight excluding hydrogens is 262 g/mol. The summed E-state index contributed by atoms with van der Waals surface area (Å²) in [5.41, 5.74) is -0.213. The predicted molar refractivity (Wildman–Crippen MR) is 50.8 cm³/mol. The fourth-order valence-corrected chi connectivity index (χ4v) is 1.54. The average molecular weight is 267 g/mol. The molecular formula is C8H5BrClFO2. The summed E-state index contributed by atoms with van der Waals surface area (Å²) < 4.78 is 13.1. The number of rotatable bonds is 2. The Morgan fingerprint density at radius 2 is 2.23 bits per heavy atom. The Morgan fingerprint density at radius 1 is 1.62 bits per heavy atom. The highest BCUT2D eigenvalue weighted by Gasteiger charge is 2.17. The van der Waals surface area contributed by atoms with Crippen LogP contribution in [0.5, 0.6) is 5.75 Å². The molecule has 0 saturated heterocycles. The van der Waals surface area contributed by atoms with Crippen LogP contribution in [0.4, 0.5) is 4.39 Å². The highest BCUT2D eigenvalue weighted by atomic mass is 79.9. The van der Waals surface area contributed by atoms with Crippen molar-refractivity contribution in [3.8, 4) is 5.75 Å². The molecule has 0 aliphatic rings. The molecule has 0 aromatic heterocycles. The molecule has 0 amide bonds. The predicted octanol–water partition coefficient (Wildman–Crippen LogP) is 2.72. The Labute approximate surface area is 87.5 Å². The molecule has 0 saturated carbocycles. The van der Waals surface area contributed by atoms with Crippen LogP contribution >= 0.6 is 27.5 Å². The van der Waals surface area contributed by atoms with Crippen LogP contribution in [-0.4, -0.2) is 16.8 Å². The zero-order valence-corrected chi connectivity index (χ0v) is 8.69. The second-order valence-electron chi connectivity index (χ2n) is 2.31. The zero-order valence-electron chi connectivity index (χ0n) is 6.35. The van der Waals surface area contributed by atoms with Crippen molar-refractivity contribution in [1.82, 2.24) is 0 Å². The maximum atomic E-state index is 13.0. The van der Waals surface area contributed by atoms with Crippen molar-refractivity contribution < 1.29 is 14.3 Å². The van der Waals surface area contributed by atoms with E-state index in [4.69, 9.17) is 16.7 Å². The summed E-state index contributed by atoms with van der Waals surface area (Å²) in [4.78, 5) is 11.1. The number of phenols is 1. The van der Waals surface area contributed by atoms with Crippen molar-refractivity contribution in [2.75, 3.05) is 5.88 Å². The van der Waals surface area contributed by atoms with Crippen LogP contribution in [0, 0.1) is 5.82 Å². The third-order valence-corrected chi connectivity index (χ3v) is 2.52. The largest absolute Gasteiger partial charge is 0.507 e. The van der Waals surface area contributed by atoms with Crippen LogP contribution in [-0.2, 0) is 0 Å². The van der Waals surface area contributed by atoms with Gasteiger partial charge in [0.05, 0.1) is 15.9 Å². The van der Waals surface area contributed by atoms with E-state index in [0.29, 0.717) is 0 Å². The normalized spacial score (nSPS) is 10.1. The molecule has 0 aliphatic carbocycles. The highest BCUT2D eigenvalue weighted by molar-refractivity contribution is 9.10. The second kappa shape index (κ2) is 4.07. The minimum atomic E-state index is -0.699. The number of benzene rings is 1. The molecule has 0 spiro atoms. The standard InChI is InChI=1S/C8H5BrClFO2/c9-8-5(12)2-1-4(11)7(8)6(13)3-10/h1-2,12H,3H2. The van der Waals surface area contributed by atoms with Gasteiger partial charge in [-0.15, -0.1) is 11.6 Å². The smallest absolute Gasteiger partial charge is 0.181 e. The molecule has 0 heterocycles. The first kappa shape index (κ1) is 10.5. The Balaban J connectivity index is 3.33. The molecule has 0 atom stereocenters. The van der Waals surface area contributed by atoms with Crippen molar-refractivity contribution in [2.45, 2.75) is 0 Å². The molecule has 0 radical (unpaired) electrons. The van der Waals surface area contributed by atoms with Gasteiger partial charge in [-0.2, -0.15) is 0 Å². The molecule has 2 nitrogen and oxygen atoms in total. The van der Waals surface area contributed by atoms with Gasteiger partial charge in [-0.3, -0.25) is 4.79 Å². The van der Waals surface area contributed by atoms with Gasteiger partial charge < -0.3 is 5.11 Å². The van der Waals surface area contributed by atoms with Gasteiger partial charge in [-0.1, -0.05) is 0 Å². The van der Waals surface area contributed by atoms with Crippen molar-refractivity contribution in [2.24, 2.45) is 0 Å². The van der Waals surface area contributed by atoms with E-state index in [0.717, 1.165) is 12.1 Å². The number of halogens is 3. The number of phenolic OH excluding ortho intramolecular Hbond substituents is 1. The summed E-state index contributed by atoms with van der Waals surface area (Å²) in [7, 11) is 0. The van der Waals surface area contributed by atoms with Gasteiger partial charge in [0.15, 0.2) is 5.78 Å². The van der Waals surface area contributed by atoms with Gasteiger partial charge in [0.2, 0.25) is 0 Å². The first-order chi connectivity index (χ1) is 6.07. The quantitative estimate of drug-likeness (QED) is 0.661. The van der Waals surface area contributed by atoms with E-state index in [2.05, 4.69) is 15.9 Å². The van der Waals surface area contributed by atoms with Gasteiger partial charge in [0.1, 0.15) is 11.6 Å². The summed E-state index contributed by atoms with van der Waals surface area (Å²) in [6.45, 7) is 0. The molecule has 0 unspecified atom stereocenters. The number of aromatic hydroxyl groups is 1. The van der Waals surface area contributed by atoms with Crippen molar-refractivity contribution >= 4 is 33.3 Å². The molecule has 1 rings (SSSR count). The minimum absolute atomic E-state index is 0.0400. The lowest BCUT2D eigenvalue weighted by molar-refractivity contribution is 0.101. The van der Waals surface area contributed by atoms with Crippen LogP contribution in [0.15, 0.2) is 16.6 Å². The third-order valence-electron chi connectivity index (χ3n) is 1.47. The van der Waals surface area contributed by atoms with Gasteiger partial charge in [0.25, 0.3) is 0 Å². The molecule has 1 aromatic rings. The number of Topliss-reactive ketones (excluding diaryl/α,β-unsaturated/α-hetero) is 1. The fraction of sp³-hybridized carbons (Fsp3) is 0.125. The molecule has 5 heteroatoms. The topological polar surface area (TPSA) is 37.3 Å². The van der Waals surface area contributed by atoms with Crippen molar-refractivity contribution in [3.05, 3.63) is 28.0 Å². The first-order valence-corrected chi connectivity index (χ1v) is 4.66. The molecule has 1 N–H and O–H groups in total. The summed E-state index contributed by atoms with van der Waals surface area (Å²) in [6.07, 6.45) is 0. The van der Waals surface area contributed by atoms with Crippen LogP contribution in [0.3, 0.4) is 0 Å². The maximum absolute atomic E-state index is 13.0. The van der Waals surface area contributed by atoms with Crippen LogP contribution in [0.1, 0.15) is 10.4 Å². The number of carbonyl (C=O) groups is 1. The Hall–Kier alpha value is -0.610. The molecule has 0 aliphatic heterocycles. The SMILES string of the molecule is O=C(CCl)c1c(F)ccc(O)c1Br. The highest BCUT2D eigenvalue weighted by Crippen LogP contribution is 2.29. The Kier molecular flexibility index (Phi) is 3.27. The van der Waals surface area contributed by atoms with E-state index >= 15 is 0 Å². The van der Waals surface area contributed by atoms with E-state index in [1.807, 2.05) is 0 Å². The molecule has 70 valence electrons. The van der Waals surface area contributed by atoms with Crippen LogP contribution < -0.4 is 0 Å². The van der Waals surface area contributed by atoms with E-state index in [1.54, 1.807) is 0 Å². The Bertz CT molecular complexity index is 354. The first-order valence-electron chi connectivity index (χ1n) is 3.34. The third kappa shape index (κ3) is 2.00. The number of hydrogen-bond donors (Lipinski definition) is 1. The van der Waals surface area contributed by atoms with E-state index in [9.17, 15) is 9.18 Å². The molecule has 1 aromatic carbocycles. The Morgan fingerprint density at radius 3 is 2.77 bits per heavy atom. The van der Waals surface area contributed by atoms with E-state index in [-0.39, 0.29) is 21.7 Å². The lowest BCUT2D eigenvalue weighted by atomic mass is 10.1. The second-order valence-corrected chi connectivity index (χ2v) is 3.37. The fourth-order valence-electron chi connectivity index (χ4n) is 0.864. The van der Waals surface area contributed by atoms with Crippen molar-refractivity contribution in [3.63, 3.8) is 0 Å². The van der Waals surface area contributed by atoms with Gasteiger partial charge in [-0.25, -0.2) is 4.39 Å². The van der Waals surface area contributed by atoms with Gasteiger partial charge in [0, 0.05) is 0 Å². The number of alkyl halides is 1. The van der Waals surface area contributed by atoms with Gasteiger partial charge in [-0.05, 0) is 28.1 Å². The summed E-state index contributed by atoms with van der Waals surface area (Å²) in [6, 6.07) is 2.17. The lowest BCUT2D eigenvalue weighted by Crippen LogP contribution is -2.04. The van der Waals surface area contributed by atoms with Crippen LogP contribution in [0.2, 0.25) is 0 Å². The zero-order chi connectivity index (χ0) is 10.0. The monoisotopic (exact) mass is 266 g/mol. The number of ketones is 1. The summed E-state index contributed by atoms with van der Waals surface area (Å²) in [5.74, 6) is -1.77. The van der Waals surface area contributed by atoms with Crippen LogP contribution in [0.25, 0.3) is 0 Å². The summed E-state index contributed by atoms with van der Waals surface area (Å²) in [5, 5.41) is 9.16. The van der Waals surface area contributed by atoms with Crippen molar-refractivity contribution in [1.29, 1.82) is 0 Å². The summed E-state index contributed by atoms with van der Waals surface area (Å²) >= 11 is 8.17. The van der Waals surface area contributed by atoms with E-state index in [1.165, 1.54) is 0 Å². The molecule has 0 bridgehead atoms. The molecule has 0 fully saturated rings. The minimum Gasteiger partial charge on any atom is -0.507 e. The number of hydrogen-bond acceptors (Lipinski definition) is 2. The van der Waals surface area contributed by atoms with Gasteiger partial charge >= 0.3 is 0 Å². The lowest BCUT2D eigenvalue weighted by Gasteiger charge is -2.04. The number of carbonyl (C=O) groups excluding carboxylic acids is 1. The van der Waals surface area contributed by atoms with E-state index < -0.39 is 11.6 Å². The average Bonchev–Trinajstić information content (AvgIpc) is 2.12. The maximum Gasteiger partial charge on any atom is 0.181 e. The molecule has 13 heavy (non-hydrogen) atoms.